The summed E-state index contributed by atoms with van der Waals surface area (Å²) in [6, 6.07) is 1.47. The molecule has 0 unspecified atom stereocenters. The number of carboxylic acids is 1. The van der Waals surface area contributed by atoms with Gasteiger partial charge in [0.05, 0.1) is 5.39 Å². The van der Waals surface area contributed by atoms with Crippen molar-refractivity contribution in [3.05, 3.63) is 18.6 Å². The topological polar surface area (TPSA) is 82.1 Å². The second-order valence-electron chi connectivity index (χ2n) is 5.03. The molecule has 1 saturated heterocycles. The molecule has 18 heavy (non-hydrogen) atoms. The summed E-state index contributed by atoms with van der Waals surface area (Å²) in [5, 5.41) is 10.3. The Hall–Kier alpha value is -2.11. The number of rotatable bonds is 2. The lowest BCUT2D eigenvalue weighted by Crippen LogP contribution is -2.40. The van der Waals surface area contributed by atoms with Gasteiger partial charge in [0, 0.05) is 12.7 Å². The summed E-state index contributed by atoms with van der Waals surface area (Å²) in [6.45, 7) is 0.791. The van der Waals surface area contributed by atoms with E-state index in [-0.39, 0.29) is 0 Å². The molecule has 2 aromatic rings. The minimum Gasteiger partial charge on any atom is -0.480 e. The van der Waals surface area contributed by atoms with Crippen LogP contribution in [-0.2, 0) is 4.79 Å². The van der Waals surface area contributed by atoms with Crippen LogP contribution in [-0.4, -0.2) is 38.6 Å². The first-order valence-corrected chi connectivity index (χ1v) is 6.03. The van der Waals surface area contributed by atoms with E-state index < -0.39 is 12.0 Å². The fraction of sp³-hybridized carbons (Fsp3) is 0.417. The molecule has 0 spiro atoms. The maximum Gasteiger partial charge on any atom is 0.326 e. The van der Waals surface area contributed by atoms with E-state index in [4.69, 9.17) is 0 Å². The molecule has 0 amide bonds. The molecule has 6 heteroatoms. The van der Waals surface area contributed by atoms with Gasteiger partial charge in [-0.3, -0.25) is 0 Å². The predicted octanol–water partition coefficient (Wildman–Crippen LogP) is 0.867. The molecule has 4 rings (SSSR count). The number of nitrogens with one attached hydrogen (secondary N) is 1. The number of H-pyrrole nitrogens is 1. The number of aromatic amines is 1. The molecule has 3 atom stereocenters. The van der Waals surface area contributed by atoms with Crippen LogP contribution in [0, 0.1) is 11.8 Å². The number of fused-ring (bicyclic) bond motifs is 2. The Morgan fingerprint density at radius 1 is 1.50 bits per heavy atom. The minimum atomic E-state index is -0.748. The highest BCUT2D eigenvalue weighted by molar-refractivity contribution is 5.90. The predicted molar refractivity (Wildman–Crippen MR) is 64.3 cm³/mol. The molecule has 2 fully saturated rings. The molecule has 92 valence electrons. The number of hydrogen-bond donors (Lipinski definition) is 2. The van der Waals surface area contributed by atoms with Gasteiger partial charge >= 0.3 is 5.97 Å². The second kappa shape index (κ2) is 3.22. The van der Waals surface area contributed by atoms with Crippen LogP contribution in [0.15, 0.2) is 18.6 Å². The molecule has 0 radical (unpaired) electrons. The Bertz CT molecular complexity index is 638. The van der Waals surface area contributed by atoms with Gasteiger partial charge in [-0.15, -0.1) is 0 Å². The molecular formula is C12H12N4O2. The van der Waals surface area contributed by atoms with E-state index in [2.05, 4.69) is 15.0 Å². The molecule has 6 nitrogen and oxygen atoms in total. The van der Waals surface area contributed by atoms with Crippen molar-refractivity contribution < 1.29 is 9.90 Å². The molecule has 2 aromatic heterocycles. The van der Waals surface area contributed by atoms with E-state index >= 15 is 0 Å². The average Bonchev–Trinajstić information content (AvgIpc) is 2.82. The summed E-state index contributed by atoms with van der Waals surface area (Å²) in [5.41, 5.74) is 0.754. The second-order valence-corrected chi connectivity index (χ2v) is 5.03. The summed E-state index contributed by atoms with van der Waals surface area (Å²) in [5.74, 6) is 0.810. The largest absolute Gasteiger partial charge is 0.480 e. The van der Waals surface area contributed by atoms with E-state index in [1.54, 1.807) is 6.20 Å². The third-order valence-electron chi connectivity index (χ3n) is 4.01. The number of aliphatic carboxylic acids is 1. The monoisotopic (exact) mass is 244 g/mol. The lowest BCUT2D eigenvalue weighted by Gasteiger charge is -2.25. The normalized spacial score (nSPS) is 29.6. The smallest absolute Gasteiger partial charge is 0.326 e. The van der Waals surface area contributed by atoms with Crippen LogP contribution in [0.4, 0.5) is 5.82 Å². The van der Waals surface area contributed by atoms with Crippen LogP contribution in [0.5, 0.6) is 0 Å². The molecule has 0 bridgehead atoms. The number of nitrogens with zero attached hydrogens (tertiary/aromatic N) is 3. The number of hydrogen-bond acceptors (Lipinski definition) is 4. The molecule has 1 aliphatic carbocycles. The molecule has 1 aliphatic heterocycles. The Morgan fingerprint density at radius 3 is 3.22 bits per heavy atom. The van der Waals surface area contributed by atoms with Crippen LogP contribution in [0.2, 0.25) is 0 Å². The molecule has 0 aromatic carbocycles. The van der Waals surface area contributed by atoms with Gasteiger partial charge in [0.1, 0.15) is 23.8 Å². The average molecular weight is 244 g/mol. The molecule has 3 heterocycles. The highest BCUT2D eigenvalue weighted by Gasteiger charge is 2.56. The van der Waals surface area contributed by atoms with Crippen LogP contribution < -0.4 is 4.90 Å². The molecule has 1 saturated carbocycles. The van der Waals surface area contributed by atoms with Crippen molar-refractivity contribution in [2.45, 2.75) is 12.5 Å². The van der Waals surface area contributed by atoms with Gasteiger partial charge in [0.2, 0.25) is 0 Å². The van der Waals surface area contributed by atoms with Gasteiger partial charge in [-0.25, -0.2) is 14.8 Å². The van der Waals surface area contributed by atoms with Gasteiger partial charge in [-0.2, -0.15) is 0 Å². The Kier molecular flexibility index (Phi) is 1.76. The lowest BCUT2D eigenvalue weighted by molar-refractivity contribution is -0.138. The zero-order chi connectivity index (χ0) is 12.3. The molecule has 2 N–H and O–H groups in total. The van der Waals surface area contributed by atoms with Crippen molar-refractivity contribution >= 4 is 22.8 Å². The summed E-state index contributed by atoms with van der Waals surface area (Å²) >= 11 is 0. The summed E-state index contributed by atoms with van der Waals surface area (Å²) in [4.78, 5) is 24.8. The van der Waals surface area contributed by atoms with E-state index in [0.29, 0.717) is 11.8 Å². The van der Waals surface area contributed by atoms with Crippen LogP contribution >= 0.6 is 0 Å². The first-order chi connectivity index (χ1) is 8.75. The van der Waals surface area contributed by atoms with Gasteiger partial charge in [-0.1, -0.05) is 0 Å². The Morgan fingerprint density at radius 2 is 2.39 bits per heavy atom. The van der Waals surface area contributed by atoms with Crippen molar-refractivity contribution in [3.8, 4) is 0 Å². The van der Waals surface area contributed by atoms with Crippen molar-refractivity contribution in [2.24, 2.45) is 11.8 Å². The van der Waals surface area contributed by atoms with Crippen molar-refractivity contribution in [1.29, 1.82) is 0 Å². The summed E-state index contributed by atoms with van der Waals surface area (Å²) < 4.78 is 0. The van der Waals surface area contributed by atoms with Gasteiger partial charge < -0.3 is 15.0 Å². The van der Waals surface area contributed by atoms with Crippen LogP contribution in [0.25, 0.3) is 11.0 Å². The highest BCUT2D eigenvalue weighted by Crippen LogP contribution is 2.51. The fourth-order valence-electron chi connectivity index (χ4n) is 3.09. The number of carboxylic acid groups (broad SMARTS) is 1. The van der Waals surface area contributed by atoms with Gasteiger partial charge in [-0.05, 0) is 24.3 Å². The van der Waals surface area contributed by atoms with Crippen LogP contribution in [0.3, 0.4) is 0 Å². The van der Waals surface area contributed by atoms with E-state index in [1.165, 1.54) is 6.33 Å². The zero-order valence-electron chi connectivity index (χ0n) is 9.58. The van der Waals surface area contributed by atoms with Crippen molar-refractivity contribution in [1.82, 2.24) is 15.0 Å². The number of carbonyl (C=O) groups is 1. The van der Waals surface area contributed by atoms with Gasteiger partial charge in [0.15, 0.2) is 0 Å². The maximum absolute atomic E-state index is 11.4. The van der Waals surface area contributed by atoms with Gasteiger partial charge in [0.25, 0.3) is 0 Å². The quantitative estimate of drug-likeness (QED) is 0.819. The highest BCUT2D eigenvalue weighted by atomic mass is 16.4. The first kappa shape index (κ1) is 9.87. The number of aromatic nitrogens is 3. The zero-order valence-corrected chi connectivity index (χ0v) is 9.58. The van der Waals surface area contributed by atoms with Crippen molar-refractivity contribution in [2.75, 3.05) is 11.4 Å². The standard InChI is InChI=1S/C12H12N4O2/c17-12(18)9-8-3-6(8)4-16(9)11-7-1-2-13-10(7)14-5-15-11/h1-2,5-6,8-9H,3-4H2,(H,17,18)(H,13,14,15)/t6-,8+,9+/m1/s1. The van der Waals surface area contributed by atoms with Crippen LogP contribution in [0.1, 0.15) is 6.42 Å². The first-order valence-electron chi connectivity index (χ1n) is 6.03. The maximum atomic E-state index is 11.4. The summed E-state index contributed by atoms with van der Waals surface area (Å²) in [7, 11) is 0. The fourth-order valence-corrected chi connectivity index (χ4v) is 3.09. The lowest BCUT2D eigenvalue weighted by atomic mass is 10.2. The summed E-state index contributed by atoms with van der Waals surface area (Å²) in [6.07, 6.45) is 4.32. The minimum absolute atomic E-state index is 0.298. The Labute approximate surface area is 103 Å². The third-order valence-corrected chi connectivity index (χ3v) is 4.01. The Balaban J connectivity index is 1.83. The molecule has 2 aliphatic rings. The SMILES string of the molecule is O=C(O)[C@@H]1[C@H]2C[C@@H]2CN1c1ncnc2[nH]ccc12. The van der Waals surface area contributed by atoms with E-state index in [9.17, 15) is 9.90 Å². The van der Waals surface area contributed by atoms with Crippen molar-refractivity contribution in [3.63, 3.8) is 0 Å². The number of piperidine rings is 1. The van der Waals surface area contributed by atoms with E-state index in [0.717, 1.165) is 29.8 Å². The molecular weight excluding hydrogens is 232 g/mol. The number of anilines is 1. The van der Waals surface area contributed by atoms with E-state index in [1.807, 2.05) is 11.0 Å². The third kappa shape index (κ3) is 1.20.